The predicted octanol–water partition coefficient (Wildman–Crippen LogP) is 1.11. The first-order valence-corrected chi connectivity index (χ1v) is 7.84. The fraction of sp³-hybridized carbons (Fsp3) is 0.538. The number of rotatable bonds is 3. The molecule has 104 valence electrons. The summed E-state index contributed by atoms with van der Waals surface area (Å²) in [6, 6.07) is 3.93. The van der Waals surface area contributed by atoms with Gasteiger partial charge in [-0.3, -0.25) is 9.00 Å². The number of aromatic nitrogens is 1. The Morgan fingerprint density at radius 2 is 2.05 bits per heavy atom. The molecule has 0 aliphatic carbocycles. The number of anilines is 1. The van der Waals surface area contributed by atoms with Crippen molar-refractivity contribution >= 4 is 22.5 Å². The Hall–Kier alpha value is -1.43. The minimum absolute atomic E-state index is 0.0490. The summed E-state index contributed by atoms with van der Waals surface area (Å²) in [4.78, 5) is 17.5. The van der Waals surface area contributed by atoms with Gasteiger partial charge in [0, 0.05) is 48.6 Å². The van der Waals surface area contributed by atoms with Crippen LogP contribution in [0.15, 0.2) is 18.3 Å². The topological polar surface area (TPSA) is 62.3 Å². The molecular weight excluding hydrogens is 262 g/mol. The molecule has 1 aromatic heterocycles. The van der Waals surface area contributed by atoms with Gasteiger partial charge in [-0.05, 0) is 25.0 Å². The number of pyridine rings is 1. The Labute approximate surface area is 115 Å². The number of hydrogen-bond donors (Lipinski definition) is 1. The van der Waals surface area contributed by atoms with Crippen LogP contribution in [0.25, 0.3) is 0 Å². The summed E-state index contributed by atoms with van der Waals surface area (Å²) in [6.45, 7) is 0. The van der Waals surface area contributed by atoms with E-state index in [-0.39, 0.29) is 5.91 Å². The van der Waals surface area contributed by atoms with E-state index in [1.54, 1.807) is 26.4 Å². The molecule has 1 amide bonds. The highest BCUT2D eigenvalue weighted by Gasteiger charge is 2.18. The van der Waals surface area contributed by atoms with Crippen LogP contribution in [-0.2, 0) is 10.8 Å². The van der Waals surface area contributed by atoms with Crippen molar-refractivity contribution in [1.82, 2.24) is 9.88 Å². The van der Waals surface area contributed by atoms with Crippen LogP contribution in [0.2, 0.25) is 0 Å². The number of carbonyl (C=O) groups excluding carboxylic acids is 1. The van der Waals surface area contributed by atoms with Crippen LogP contribution in [0, 0.1) is 0 Å². The standard InChI is InChI=1S/C13H19N3O2S/c1-16(2)13(17)10-3-4-12(14-9-10)15-11-5-7-19(18)8-6-11/h3-4,9,11H,5-8H2,1-2H3,(H,14,15). The molecule has 1 aliphatic rings. The van der Waals surface area contributed by atoms with Crippen molar-refractivity contribution in [3.8, 4) is 0 Å². The maximum Gasteiger partial charge on any atom is 0.254 e. The van der Waals surface area contributed by atoms with Crippen LogP contribution >= 0.6 is 0 Å². The van der Waals surface area contributed by atoms with Crippen molar-refractivity contribution in [1.29, 1.82) is 0 Å². The van der Waals surface area contributed by atoms with Crippen LogP contribution in [0.4, 0.5) is 5.82 Å². The molecule has 2 rings (SSSR count). The number of nitrogens with one attached hydrogen (secondary N) is 1. The second kappa shape index (κ2) is 6.14. The van der Waals surface area contributed by atoms with Crippen LogP contribution in [0.3, 0.4) is 0 Å². The summed E-state index contributed by atoms with van der Waals surface area (Å²) in [5.41, 5.74) is 0.584. The van der Waals surface area contributed by atoms with Crippen LogP contribution in [0.1, 0.15) is 23.2 Å². The third-order valence-corrected chi connectivity index (χ3v) is 4.54. The van der Waals surface area contributed by atoms with E-state index >= 15 is 0 Å². The van der Waals surface area contributed by atoms with Crippen molar-refractivity contribution in [3.05, 3.63) is 23.9 Å². The van der Waals surface area contributed by atoms with Crippen molar-refractivity contribution in [2.24, 2.45) is 0 Å². The first-order chi connectivity index (χ1) is 9.06. The first-order valence-electron chi connectivity index (χ1n) is 6.35. The lowest BCUT2D eigenvalue weighted by molar-refractivity contribution is 0.0827. The van der Waals surface area contributed by atoms with Crippen molar-refractivity contribution in [3.63, 3.8) is 0 Å². The van der Waals surface area contributed by atoms with Gasteiger partial charge in [-0.2, -0.15) is 0 Å². The molecule has 1 fully saturated rings. The maximum absolute atomic E-state index is 11.7. The average Bonchev–Trinajstić information content (AvgIpc) is 2.41. The minimum Gasteiger partial charge on any atom is -0.367 e. The highest BCUT2D eigenvalue weighted by molar-refractivity contribution is 7.85. The molecule has 0 spiro atoms. The van der Waals surface area contributed by atoms with Gasteiger partial charge >= 0.3 is 0 Å². The smallest absolute Gasteiger partial charge is 0.254 e. The van der Waals surface area contributed by atoms with Gasteiger partial charge in [-0.25, -0.2) is 4.98 Å². The van der Waals surface area contributed by atoms with Crippen LogP contribution in [-0.4, -0.2) is 51.6 Å². The fourth-order valence-electron chi connectivity index (χ4n) is 2.01. The molecule has 0 aromatic carbocycles. The first kappa shape index (κ1) is 14.0. The Balaban J connectivity index is 1.95. The summed E-state index contributed by atoms with van der Waals surface area (Å²) in [5.74, 6) is 2.24. The largest absolute Gasteiger partial charge is 0.367 e. The number of amides is 1. The summed E-state index contributed by atoms with van der Waals surface area (Å²) in [5, 5.41) is 3.33. The molecule has 2 heterocycles. The third-order valence-electron chi connectivity index (χ3n) is 3.16. The third kappa shape index (κ3) is 3.76. The zero-order valence-electron chi connectivity index (χ0n) is 11.3. The van der Waals surface area contributed by atoms with E-state index in [0.717, 1.165) is 30.2 Å². The van der Waals surface area contributed by atoms with Crippen LogP contribution < -0.4 is 5.32 Å². The summed E-state index contributed by atoms with van der Waals surface area (Å²) < 4.78 is 11.3. The molecule has 1 saturated heterocycles. The van der Waals surface area contributed by atoms with Crippen molar-refractivity contribution in [2.45, 2.75) is 18.9 Å². The van der Waals surface area contributed by atoms with Gasteiger partial charge in [0.2, 0.25) is 0 Å². The number of hydrogen-bond acceptors (Lipinski definition) is 4. The lowest BCUT2D eigenvalue weighted by atomic mass is 10.1. The fourth-order valence-corrected chi connectivity index (χ4v) is 3.31. The van der Waals surface area contributed by atoms with Gasteiger partial charge in [-0.15, -0.1) is 0 Å². The lowest BCUT2D eigenvalue weighted by Crippen LogP contribution is -2.29. The van der Waals surface area contributed by atoms with Crippen molar-refractivity contribution < 1.29 is 9.00 Å². The van der Waals surface area contributed by atoms with E-state index < -0.39 is 10.8 Å². The highest BCUT2D eigenvalue weighted by Crippen LogP contribution is 2.15. The van der Waals surface area contributed by atoms with Gasteiger partial charge in [-0.1, -0.05) is 0 Å². The normalized spacial score (nSPS) is 22.8. The molecule has 6 heteroatoms. The molecule has 0 radical (unpaired) electrons. The molecule has 0 atom stereocenters. The maximum atomic E-state index is 11.7. The SMILES string of the molecule is CN(C)C(=O)c1ccc(NC2CCS(=O)CC2)nc1. The molecule has 1 N–H and O–H groups in total. The van der Waals surface area contributed by atoms with Gasteiger partial charge in [0.1, 0.15) is 5.82 Å². The van der Waals surface area contributed by atoms with Gasteiger partial charge in [0.15, 0.2) is 0 Å². The Morgan fingerprint density at radius 3 is 2.58 bits per heavy atom. The average molecular weight is 281 g/mol. The van der Waals surface area contributed by atoms with E-state index in [1.165, 1.54) is 4.90 Å². The molecule has 1 aromatic rings. The Kier molecular flexibility index (Phi) is 4.52. The summed E-state index contributed by atoms with van der Waals surface area (Å²) in [7, 11) is 2.79. The quantitative estimate of drug-likeness (QED) is 0.901. The molecular formula is C13H19N3O2S. The zero-order valence-corrected chi connectivity index (χ0v) is 12.1. The Bertz CT molecular complexity index is 463. The second-order valence-electron chi connectivity index (χ2n) is 4.90. The summed E-state index contributed by atoms with van der Waals surface area (Å²) >= 11 is 0. The molecule has 1 aliphatic heterocycles. The zero-order chi connectivity index (χ0) is 13.8. The van der Waals surface area contributed by atoms with E-state index in [9.17, 15) is 9.00 Å². The van der Waals surface area contributed by atoms with E-state index in [0.29, 0.717) is 11.6 Å². The predicted molar refractivity (Wildman–Crippen MR) is 76.8 cm³/mol. The van der Waals surface area contributed by atoms with Gasteiger partial charge in [0.05, 0.1) is 5.56 Å². The van der Waals surface area contributed by atoms with Crippen molar-refractivity contribution in [2.75, 3.05) is 30.9 Å². The number of carbonyl (C=O) groups is 1. The molecule has 0 unspecified atom stereocenters. The highest BCUT2D eigenvalue weighted by atomic mass is 32.2. The van der Waals surface area contributed by atoms with E-state index in [4.69, 9.17) is 0 Å². The monoisotopic (exact) mass is 281 g/mol. The molecule has 0 saturated carbocycles. The second-order valence-corrected chi connectivity index (χ2v) is 6.59. The molecule has 0 bridgehead atoms. The lowest BCUT2D eigenvalue weighted by Gasteiger charge is -2.23. The van der Waals surface area contributed by atoms with Gasteiger partial charge in [0.25, 0.3) is 5.91 Å². The van der Waals surface area contributed by atoms with Gasteiger partial charge < -0.3 is 10.2 Å². The molecule has 5 nitrogen and oxygen atoms in total. The van der Waals surface area contributed by atoms with E-state index in [2.05, 4.69) is 10.3 Å². The van der Waals surface area contributed by atoms with E-state index in [1.807, 2.05) is 6.07 Å². The van der Waals surface area contributed by atoms with Crippen LogP contribution in [0.5, 0.6) is 0 Å². The minimum atomic E-state index is -0.645. The Morgan fingerprint density at radius 1 is 1.37 bits per heavy atom. The molecule has 19 heavy (non-hydrogen) atoms. The summed E-state index contributed by atoms with van der Waals surface area (Å²) in [6.07, 6.45) is 3.41. The number of nitrogens with zero attached hydrogens (tertiary/aromatic N) is 2.